The topological polar surface area (TPSA) is 62.3 Å². The summed E-state index contributed by atoms with van der Waals surface area (Å²) in [6.07, 6.45) is 9.71. The van der Waals surface area contributed by atoms with Crippen LogP contribution in [-0.2, 0) is 9.59 Å². The molecule has 3 aliphatic carbocycles. The summed E-state index contributed by atoms with van der Waals surface area (Å²) in [5, 5.41) is 3.11. The lowest BCUT2D eigenvalue weighted by Crippen LogP contribution is -2.57. The van der Waals surface area contributed by atoms with Crippen molar-refractivity contribution in [2.24, 2.45) is 34.5 Å². The minimum absolute atomic E-state index is 0.116. The van der Waals surface area contributed by atoms with Gasteiger partial charge in [0.2, 0.25) is 11.8 Å². The number of carbonyl (C=O) groups is 2. The van der Waals surface area contributed by atoms with Crippen molar-refractivity contribution < 1.29 is 9.59 Å². The number of likely N-dealkylation sites (tertiary alicyclic amines) is 1. The fourth-order valence-corrected chi connectivity index (χ4v) is 8.31. The zero-order valence-electron chi connectivity index (χ0n) is 19.6. The molecule has 0 bridgehead atoms. The highest BCUT2D eigenvalue weighted by Crippen LogP contribution is 2.65. The summed E-state index contributed by atoms with van der Waals surface area (Å²) in [7, 11) is 1.86. The SMILES string of the molecule is CC1=C2N(C)C(=O)C(C(=O)Nc3cccnc3Cl)C[C@]2(C)[C@@H]2CC[C@]3(C)CCC[C@H]3[C@@H]2C1. The van der Waals surface area contributed by atoms with E-state index in [2.05, 4.69) is 31.1 Å². The average molecular weight is 456 g/mol. The molecule has 1 saturated heterocycles. The maximum atomic E-state index is 13.4. The van der Waals surface area contributed by atoms with Crippen LogP contribution < -0.4 is 5.32 Å². The molecule has 1 aromatic heterocycles. The minimum Gasteiger partial charge on any atom is -0.323 e. The summed E-state index contributed by atoms with van der Waals surface area (Å²) in [5.74, 6) is 0.827. The quantitative estimate of drug-likeness (QED) is 0.461. The molecule has 3 fully saturated rings. The minimum atomic E-state index is -0.714. The smallest absolute Gasteiger partial charge is 0.239 e. The molecule has 1 aromatic rings. The number of rotatable bonds is 2. The number of amides is 2. The summed E-state index contributed by atoms with van der Waals surface area (Å²) in [4.78, 5) is 32.5. The molecule has 32 heavy (non-hydrogen) atoms. The summed E-state index contributed by atoms with van der Waals surface area (Å²) >= 11 is 6.16. The Hall–Kier alpha value is -1.88. The Morgan fingerprint density at radius 2 is 2.03 bits per heavy atom. The molecule has 6 atom stereocenters. The molecule has 1 unspecified atom stereocenters. The Bertz CT molecular complexity index is 1010. The van der Waals surface area contributed by atoms with Gasteiger partial charge >= 0.3 is 0 Å². The lowest BCUT2D eigenvalue weighted by Gasteiger charge is -2.59. The van der Waals surface area contributed by atoms with Gasteiger partial charge < -0.3 is 10.2 Å². The number of hydrogen-bond donors (Lipinski definition) is 1. The third-order valence-electron chi connectivity index (χ3n) is 9.45. The van der Waals surface area contributed by atoms with Gasteiger partial charge in [0.15, 0.2) is 5.15 Å². The van der Waals surface area contributed by atoms with Crippen LogP contribution in [0, 0.1) is 34.5 Å². The van der Waals surface area contributed by atoms with Crippen molar-refractivity contribution in [3.8, 4) is 0 Å². The van der Waals surface area contributed by atoms with E-state index in [0.717, 1.165) is 12.3 Å². The third kappa shape index (κ3) is 3.14. The average Bonchev–Trinajstić information content (AvgIpc) is 3.14. The highest BCUT2D eigenvalue weighted by Gasteiger charge is 2.60. The molecule has 1 N–H and O–H groups in total. The number of anilines is 1. The van der Waals surface area contributed by atoms with Gasteiger partial charge in [-0.25, -0.2) is 4.98 Å². The number of allylic oxidation sites excluding steroid dienone is 2. The second kappa shape index (κ2) is 7.58. The van der Waals surface area contributed by atoms with Gasteiger partial charge in [-0.15, -0.1) is 0 Å². The zero-order chi connectivity index (χ0) is 22.8. The number of nitrogens with one attached hydrogen (secondary N) is 1. The van der Waals surface area contributed by atoms with Crippen molar-refractivity contribution in [2.45, 2.75) is 65.7 Å². The lowest BCUT2D eigenvalue weighted by molar-refractivity contribution is -0.147. The van der Waals surface area contributed by atoms with Crippen LogP contribution in [0.4, 0.5) is 5.69 Å². The highest BCUT2D eigenvalue weighted by atomic mass is 35.5. The van der Waals surface area contributed by atoms with Crippen LogP contribution in [-0.4, -0.2) is 28.7 Å². The molecule has 0 aromatic carbocycles. The number of pyridine rings is 1. The normalized spacial score (nSPS) is 38.8. The largest absolute Gasteiger partial charge is 0.323 e. The van der Waals surface area contributed by atoms with Crippen molar-refractivity contribution in [1.29, 1.82) is 0 Å². The molecule has 1 aliphatic heterocycles. The van der Waals surface area contributed by atoms with Crippen LogP contribution in [0.5, 0.6) is 0 Å². The van der Waals surface area contributed by atoms with E-state index in [9.17, 15) is 9.59 Å². The number of piperidine rings is 1. The maximum absolute atomic E-state index is 13.4. The van der Waals surface area contributed by atoms with Crippen molar-refractivity contribution in [3.63, 3.8) is 0 Å². The van der Waals surface area contributed by atoms with Gasteiger partial charge in [-0.1, -0.05) is 37.4 Å². The molecule has 2 saturated carbocycles. The molecule has 5 rings (SSSR count). The van der Waals surface area contributed by atoms with E-state index in [4.69, 9.17) is 11.6 Å². The monoisotopic (exact) mass is 455 g/mol. The van der Waals surface area contributed by atoms with Gasteiger partial charge in [0.05, 0.1) is 5.69 Å². The number of hydrogen-bond acceptors (Lipinski definition) is 3. The Morgan fingerprint density at radius 3 is 2.78 bits per heavy atom. The second-order valence-electron chi connectivity index (χ2n) is 11.2. The summed E-state index contributed by atoms with van der Waals surface area (Å²) < 4.78 is 0. The van der Waals surface area contributed by atoms with E-state index >= 15 is 0 Å². The van der Waals surface area contributed by atoms with Crippen molar-refractivity contribution >= 4 is 29.1 Å². The van der Waals surface area contributed by atoms with Gasteiger partial charge in [0, 0.05) is 24.4 Å². The number of nitrogens with zero attached hydrogens (tertiary/aromatic N) is 2. The molecular weight excluding hydrogens is 422 g/mol. The first-order chi connectivity index (χ1) is 15.2. The van der Waals surface area contributed by atoms with Crippen LogP contribution >= 0.6 is 11.6 Å². The highest BCUT2D eigenvalue weighted by molar-refractivity contribution is 6.32. The molecule has 172 valence electrons. The van der Waals surface area contributed by atoms with E-state index in [1.165, 1.54) is 43.4 Å². The first kappa shape index (κ1) is 21.9. The molecule has 6 heteroatoms. The lowest BCUT2D eigenvalue weighted by atomic mass is 9.48. The maximum Gasteiger partial charge on any atom is 0.239 e. The Morgan fingerprint density at radius 1 is 1.25 bits per heavy atom. The van der Waals surface area contributed by atoms with Crippen molar-refractivity contribution in [1.82, 2.24) is 9.88 Å². The van der Waals surface area contributed by atoms with Crippen molar-refractivity contribution in [3.05, 3.63) is 34.8 Å². The third-order valence-corrected chi connectivity index (χ3v) is 9.75. The number of halogens is 1. The Kier molecular flexibility index (Phi) is 5.20. The molecule has 5 nitrogen and oxygen atoms in total. The van der Waals surface area contributed by atoms with E-state index in [-0.39, 0.29) is 22.4 Å². The van der Waals surface area contributed by atoms with E-state index in [0.29, 0.717) is 29.4 Å². The Balaban J connectivity index is 1.48. The van der Waals surface area contributed by atoms with Gasteiger partial charge in [-0.2, -0.15) is 0 Å². The van der Waals surface area contributed by atoms with Gasteiger partial charge in [0.25, 0.3) is 0 Å². The molecule has 2 amide bonds. The van der Waals surface area contributed by atoms with Gasteiger partial charge in [-0.3, -0.25) is 9.59 Å². The van der Waals surface area contributed by atoms with E-state index < -0.39 is 5.92 Å². The van der Waals surface area contributed by atoms with Crippen LogP contribution in [0.3, 0.4) is 0 Å². The molecular formula is C26H34ClN3O2. The first-order valence-corrected chi connectivity index (χ1v) is 12.4. The fourth-order valence-electron chi connectivity index (χ4n) is 8.15. The van der Waals surface area contributed by atoms with Crippen LogP contribution in [0.2, 0.25) is 5.15 Å². The van der Waals surface area contributed by atoms with E-state index in [1.54, 1.807) is 23.2 Å². The molecule has 0 spiro atoms. The standard InChI is InChI=1S/C26H34ClN3O2/c1-15-13-16-18-7-5-10-25(18,2)11-9-19(16)26(3)14-17(24(32)30(4)21(15)26)23(31)29-20-8-6-12-28-22(20)27/h6,8,12,16-19H,5,7,9-11,13-14H2,1-4H3,(H,29,31)/t16-,17?,18-,19+,25-,26+/m0/s1. The van der Waals surface area contributed by atoms with E-state index in [1.807, 2.05) is 7.05 Å². The van der Waals surface area contributed by atoms with Gasteiger partial charge in [0.1, 0.15) is 5.92 Å². The van der Waals surface area contributed by atoms with Crippen LogP contribution in [0.15, 0.2) is 29.6 Å². The summed E-state index contributed by atoms with van der Waals surface area (Å²) in [5.41, 5.74) is 3.28. The fraction of sp³-hybridized carbons (Fsp3) is 0.654. The van der Waals surface area contributed by atoms with Crippen molar-refractivity contribution in [2.75, 3.05) is 12.4 Å². The number of fused-ring (bicyclic) bond motifs is 5. The number of aromatic nitrogens is 1. The second-order valence-corrected chi connectivity index (χ2v) is 11.6. The predicted octanol–water partition coefficient (Wildman–Crippen LogP) is 5.67. The summed E-state index contributed by atoms with van der Waals surface area (Å²) in [6, 6.07) is 3.45. The zero-order valence-corrected chi connectivity index (χ0v) is 20.3. The molecule has 4 aliphatic rings. The summed E-state index contributed by atoms with van der Waals surface area (Å²) in [6.45, 7) is 7.03. The van der Waals surface area contributed by atoms with Crippen LogP contribution in [0.1, 0.15) is 65.7 Å². The Labute approximate surface area is 196 Å². The van der Waals surface area contributed by atoms with Gasteiger partial charge in [-0.05, 0) is 80.8 Å². The molecule has 2 heterocycles. The van der Waals surface area contributed by atoms with Crippen LogP contribution in [0.25, 0.3) is 0 Å². The number of carbonyl (C=O) groups excluding carboxylic acids is 2. The molecule has 0 radical (unpaired) electrons. The first-order valence-electron chi connectivity index (χ1n) is 12.0. The predicted molar refractivity (Wildman–Crippen MR) is 126 cm³/mol.